The van der Waals surface area contributed by atoms with Crippen molar-refractivity contribution in [3.05, 3.63) is 0 Å². The molecule has 0 rings (SSSR count). The Bertz CT molecular complexity index is 8.00. The second-order valence-corrected chi connectivity index (χ2v) is 0. The second-order valence-electron chi connectivity index (χ2n) is 0. The number of rotatable bonds is 0. The molecule has 22 valence electrons. The van der Waals surface area contributed by atoms with Crippen molar-refractivity contribution in [3.8, 4) is 0 Å². The summed E-state index contributed by atoms with van der Waals surface area (Å²) in [6.45, 7) is 0. The van der Waals surface area contributed by atoms with Gasteiger partial charge in [-0.1, -0.05) is 0 Å². The Hall–Kier alpha value is 1.26. The Kier molecular flexibility index (Phi) is 133. The van der Waals surface area contributed by atoms with Crippen LogP contribution in [0.2, 0.25) is 0 Å². The maximum atomic E-state index is 8.28. The molecular weight excluding hydrogens is 119 g/mol. The first-order valence-corrected chi connectivity index (χ1v) is 0.866. The minimum Gasteiger partial charge on any atom is -0.396 e. The van der Waals surface area contributed by atoms with E-state index in [4.69, 9.17) is 4.46 Å². The molecule has 0 aromatic rings. The van der Waals surface area contributed by atoms with E-state index in [1.807, 2.05) is 0 Å². The zero-order chi connectivity index (χ0) is 2.00. The molecule has 0 N–H and O–H groups in total. The zero-order valence-electron chi connectivity index (χ0n) is 1.62. The quantitative estimate of drug-likeness (QED) is 0.334. The fraction of sp³-hybridized carbons (Fsp3) is 0. The van der Waals surface area contributed by atoms with Crippen LogP contribution in [0.4, 0.5) is 0 Å². The molecule has 0 aliphatic heterocycles. The topological polar surface area (TPSA) is 17.1 Å². The Labute approximate surface area is 53.7 Å². The molecule has 0 aromatic carbocycles. The van der Waals surface area contributed by atoms with E-state index in [-0.39, 0.29) is 39.1 Å². The average molecular weight is 124 g/mol. The fourth-order valence-corrected chi connectivity index (χ4v) is 0. The molecular formula is H5AlOSiTi. The smallest absolute Gasteiger partial charge is 0.245 e. The van der Waals surface area contributed by atoms with Crippen molar-refractivity contribution in [2.45, 2.75) is 0 Å². The third-order valence-corrected chi connectivity index (χ3v) is 0. The van der Waals surface area contributed by atoms with E-state index in [0.29, 0.717) is 10.1 Å². The van der Waals surface area contributed by atoms with Crippen LogP contribution in [-0.4, -0.2) is 27.5 Å². The van der Waals surface area contributed by atoms with Gasteiger partial charge in [0.2, 0.25) is 10.1 Å². The zero-order valence-corrected chi connectivity index (χ0v) is 4.59. The van der Waals surface area contributed by atoms with Crippen LogP contribution in [0.5, 0.6) is 0 Å². The summed E-state index contributed by atoms with van der Waals surface area (Å²) in [5.41, 5.74) is 0. The van der Waals surface area contributed by atoms with Crippen molar-refractivity contribution in [1.82, 2.24) is 0 Å². The van der Waals surface area contributed by atoms with E-state index in [9.17, 15) is 0 Å². The normalized spacial score (nSPS) is 1.00. The van der Waals surface area contributed by atoms with Crippen LogP contribution >= 0.6 is 0 Å². The molecule has 0 amide bonds. The van der Waals surface area contributed by atoms with Gasteiger partial charge in [0.1, 0.15) is 0 Å². The molecule has 4 heavy (non-hydrogen) atoms. The summed E-state index contributed by atoms with van der Waals surface area (Å²) in [4.78, 5) is 0. The first kappa shape index (κ1) is 18.7. The Morgan fingerprint density at radius 1 is 1.25 bits per heavy atom. The minimum atomic E-state index is 0. The molecule has 0 spiro atoms. The average Bonchev–Trinajstić information content (AvgIpc) is 1.00. The molecule has 0 atom stereocenters. The predicted octanol–water partition coefficient (Wildman–Crippen LogP) is -2.22. The molecule has 0 bridgehead atoms. The molecule has 0 saturated carbocycles. The number of hydrogen-bond donors (Lipinski definition) is 0. The standard InChI is InChI=1S/Al.H2OSi.Ti.3H/c;1-2;;;;/h;2H2;;;;. The van der Waals surface area contributed by atoms with Crippen molar-refractivity contribution in [2.24, 2.45) is 0 Å². The third-order valence-electron chi connectivity index (χ3n) is 0. The first-order chi connectivity index (χ1) is 1.00. The van der Waals surface area contributed by atoms with Crippen LogP contribution in [0.3, 0.4) is 0 Å². The van der Waals surface area contributed by atoms with Gasteiger partial charge in [0, 0.05) is 21.7 Å². The summed E-state index contributed by atoms with van der Waals surface area (Å²) in [5, 5.41) is 0. The van der Waals surface area contributed by atoms with Crippen LogP contribution in [0.1, 0.15) is 0 Å². The SMILES string of the molecule is O=[SiH2].[AlH3].[Ti]. The molecule has 0 heterocycles. The Morgan fingerprint density at radius 2 is 1.25 bits per heavy atom. The van der Waals surface area contributed by atoms with Gasteiger partial charge in [-0.25, -0.2) is 0 Å². The van der Waals surface area contributed by atoms with E-state index in [2.05, 4.69) is 0 Å². The van der Waals surface area contributed by atoms with Gasteiger partial charge in [-0.2, -0.15) is 0 Å². The van der Waals surface area contributed by atoms with Gasteiger partial charge in [-0.15, -0.1) is 0 Å². The van der Waals surface area contributed by atoms with Gasteiger partial charge in [0.15, 0.2) is 17.4 Å². The molecule has 0 aliphatic rings. The Balaban J connectivity index is -0.00000000500. The van der Waals surface area contributed by atoms with Gasteiger partial charge in [0.05, 0.1) is 0 Å². The summed E-state index contributed by atoms with van der Waals surface area (Å²) in [5.74, 6) is 0. The van der Waals surface area contributed by atoms with Crippen molar-refractivity contribution in [1.29, 1.82) is 0 Å². The molecule has 1 nitrogen and oxygen atoms in total. The molecule has 0 aromatic heterocycles. The van der Waals surface area contributed by atoms with Crippen LogP contribution in [0.25, 0.3) is 0 Å². The monoisotopic (exact) mass is 124 g/mol. The second kappa shape index (κ2) is 28.4. The molecule has 0 unspecified atom stereocenters. The third kappa shape index (κ3) is 10.5. The van der Waals surface area contributed by atoms with Gasteiger partial charge >= 0.3 is 0 Å². The van der Waals surface area contributed by atoms with Crippen molar-refractivity contribution in [3.63, 3.8) is 0 Å². The minimum absolute atomic E-state index is 0. The van der Waals surface area contributed by atoms with Crippen molar-refractivity contribution in [2.75, 3.05) is 0 Å². The summed E-state index contributed by atoms with van der Waals surface area (Å²) >= 11 is 0. The van der Waals surface area contributed by atoms with Crippen molar-refractivity contribution < 1.29 is 26.2 Å². The predicted molar refractivity (Wildman–Crippen MR) is 19.2 cm³/mol. The van der Waals surface area contributed by atoms with Crippen LogP contribution in [-0.2, 0) is 26.2 Å². The molecule has 0 fully saturated rings. The van der Waals surface area contributed by atoms with E-state index in [1.54, 1.807) is 0 Å². The largest absolute Gasteiger partial charge is 0.396 e. The molecule has 0 saturated heterocycles. The molecule has 0 aliphatic carbocycles. The molecule has 0 radical (unpaired) electrons. The van der Waals surface area contributed by atoms with Crippen LogP contribution < -0.4 is 0 Å². The van der Waals surface area contributed by atoms with Gasteiger partial charge in [-0.05, 0) is 0 Å². The van der Waals surface area contributed by atoms with Gasteiger partial charge in [0.25, 0.3) is 0 Å². The van der Waals surface area contributed by atoms with Crippen LogP contribution in [0.15, 0.2) is 0 Å². The summed E-state index contributed by atoms with van der Waals surface area (Å²) in [7, 11) is 0.611. The van der Waals surface area contributed by atoms with Crippen molar-refractivity contribution >= 4 is 27.5 Å². The van der Waals surface area contributed by atoms with E-state index in [1.165, 1.54) is 0 Å². The van der Waals surface area contributed by atoms with Crippen LogP contribution in [0, 0.1) is 0 Å². The van der Waals surface area contributed by atoms with Gasteiger partial charge in [-0.3, -0.25) is 0 Å². The maximum Gasteiger partial charge on any atom is 0.245 e. The summed E-state index contributed by atoms with van der Waals surface area (Å²) in [6, 6.07) is 0. The molecule has 4 heteroatoms. The van der Waals surface area contributed by atoms with E-state index >= 15 is 0 Å². The Morgan fingerprint density at radius 3 is 1.25 bits per heavy atom. The summed E-state index contributed by atoms with van der Waals surface area (Å²) < 4.78 is 8.28. The number of hydrogen-bond acceptors (Lipinski definition) is 1. The maximum absolute atomic E-state index is 8.28. The summed E-state index contributed by atoms with van der Waals surface area (Å²) in [6.07, 6.45) is 0. The van der Waals surface area contributed by atoms with E-state index < -0.39 is 0 Å². The van der Waals surface area contributed by atoms with E-state index in [0.717, 1.165) is 0 Å². The fourth-order valence-electron chi connectivity index (χ4n) is 0. The first-order valence-electron chi connectivity index (χ1n) is 0.289. The van der Waals surface area contributed by atoms with Gasteiger partial charge < -0.3 is 4.46 Å².